The Hall–Kier alpha value is -1.88. The number of halogens is 2. The van der Waals surface area contributed by atoms with E-state index in [2.05, 4.69) is 5.10 Å². The van der Waals surface area contributed by atoms with Gasteiger partial charge in [-0.25, -0.2) is 9.07 Å². The van der Waals surface area contributed by atoms with Gasteiger partial charge in [0.1, 0.15) is 5.82 Å². The summed E-state index contributed by atoms with van der Waals surface area (Å²) in [4.78, 5) is 11.3. The van der Waals surface area contributed by atoms with Crippen LogP contribution in [0.5, 0.6) is 0 Å². The fraction of sp³-hybridized carbons (Fsp3) is 0.0909. The summed E-state index contributed by atoms with van der Waals surface area (Å²) in [7, 11) is 0. The molecular weight excluding hydrogens is 245 g/mol. The van der Waals surface area contributed by atoms with Crippen molar-refractivity contribution in [2.24, 2.45) is 0 Å². The van der Waals surface area contributed by atoms with Gasteiger partial charge in [-0.3, -0.25) is 4.79 Å². The van der Waals surface area contributed by atoms with Gasteiger partial charge in [0.05, 0.1) is 10.7 Å². The number of benzene rings is 1. The summed E-state index contributed by atoms with van der Waals surface area (Å²) < 4.78 is 14.5. The Morgan fingerprint density at radius 1 is 1.41 bits per heavy atom. The van der Waals surface area contributed by atoms with E-state index in [0.29, 0.717) is 11.4 Å². The molecule has 17 heavy (non-hydrogen) atoms. The Labute approximate surface area is 101 Å². The van der Waals surface area contributed by atoms with Crippen molar-refractivity contribution >= 4 is 17.4 Å². The number of hydrogen-bond acceptors (Lipinski definition) is 3. The molecule has 4 nitrogen and oxygen atoms in total. The van der Waals surface area contributed by atoms with E-state index in [1.54, 1.807) is 6.92 Å². The number of anilines is 1. The van der Waals surface area contributed by atoms with Crippen LogP contribution in [0.2, 0.25) is 5.02 Å². The fourth-order valence-electron chi connectivity index (χ4n) is 1.44. The molecule has 0 unspecified atom stereocenters. The minimum Gasteiger partial charge on any atom is -0.379 e. The van der Waals surface area contributed by atoms with E-state index in [1.807, 2.05) is 0 Å². The number of rotatable bonds is 1. The van der Waals surface area contributed by atoms with E-state index in [0.717, 1.165) is 0 Å². The second-order valence-corrected chi connectivity index (χ2v) is 3.95. The molecule has 0 aliphatic heterocycles. The minimum atomic E-state index is -0.512. The molecule has 0 spiro atoms. The van der Waals surface area contributed by atoms with Crippen molar-refractivity contribution < 1.29 is 4.39 Å². The first-order valence-electron chi connectivity index (χ1n) is 4.81. The van der Waals surface area contributed by atoms with E-state index in [4.69, 9.17) is 17.3 Å². The first-order chi connectivity index (χ1) is 7.99. The van der Waals surface area contributed by atoms with Gasteiger partial charge in [0.15, 0.2) is 5.82 Å². The number of aromatic nitrogens is 2. The molecule has 1 aromatic heterocycles. The molecule has 0 fully saturated rings. The molecular formula is C11H9ClFN3O. The lowest BCUT2D eigenvalue weighted by Crippen LogP contribution is -2.17. The first-order valence-corrected chi connectivity index (χ1v) is 5.18. The summed E-state index contributed by atoms with van der Waals surface area (Å²) in [5.41, 5.74) is 6.23. The standard InChI is InChI=1S/C11H9ClFN3O/c1-6-4-10(17)11(14)15-16(6)7-2-3-9(13)8(12)5-7/h2-5H,1H3,(H2,14,15). The largest absolute Gasteiger partial charge is 0.379 e. The first kappa shape index (κ1) is 11.6. The molecule has 2 aromatic rings. The van der Waals surface area contributed by atoms with Crippen LogP contribution in [0.15, 0.2) is 29.1 Å². The van der Waals surface area contributed by atoms with Crippen molar-refractivity contribution in [1.29, 1.82) is 0 Å². The molecule has 1 aromatic carbocycles. The molecule has 6 heteroatoms. The van der Waals surface area contributed by atoms with Crippen molar-refractivity contribution in [2.75, 3.05) is 5.73 Å². The molecule has 0 amide bonds. The quantitative estimate of drug-likeness (QED) is 0.845. The van der Waals surface area contributed by atoms with Gasteiger partial charge in [-0.15, -0.1) is 5.10 Å². The monoisotopic (exact) mass is 253 g/mol. The van der Waals surface area contributed by atoms with E-state index < -0.39 is 5.82 Å². The van der Waals surface area contributed by atoms with Gasteiger partial charge in [-0.1, -0.05) is 11.6 Å². The molecule has 1 heterocycles. The van der Waals surface area contributed by atoms with Crippen LogP contribution in [0.25, 0.3) is 5.69 Å². The predicted octanol–water partition coefficient (Wildman–Crippen LogP) is 1.92. The smallest absolute Gasteiger partial charge is 0.224 e. The SMILES string of the molecule is Cc1cc(=O)c(N)nn1-c1ccc(F)c(Cl)c1. The molecule has 0 aliphatic carbocycles. The fourth-order valence-corrected chi connectivity index (χ4v) is 1.61. The number of nitrogens with two attached hydrogens (primary N) is 1. The summed E-state index contributed by atoms with van der Waals surface area (Å²) in [5, 5.41) is 3.90. The third kappa shape index (κ3) is 2.14. The van der Waals surface area contributed by atoms with Crippen LogP contribution in [0.4, 0.5) is 10.2 Å². The average Bonchev–Trinajstić information content (AvgIpc) is 2.27. The number of hydrogen-bond donors (Lipinski definition) is 1. The van der Waals surface area contributed by atoms with E-state index in [-0.39, 0.29) is 16.3 Å². The number of nitrogen functional groups attached to an aromatic ring is 1. The van der Waals surface area contributed by atoms with Crippen LogP contribution in [-0.2, 0) is 0 Å². The lowest BCUT2D eigenvalue weighted by atomic mass is 10.3. The molecule has 0 saturated heterocycles. The third-order valence-corrected chi connectivity index (χ3v) is 2.57. The number of aryl methyl sites for hydroxylation is 1. The molecule has 2 rings (SSSR count). The summed E-state index contributed by atoms with van der Waals surface area (Å²) in [6.45, 7) is 1.70. The highest BCUT2D eigenvalue weighted by atomic mass is 35.5. The van der Waals surface area contributed by atoms with Crippen LogP contribution >= 0.6 is 11.6 Å². The Kier molecular flexibility index (Phi) is 2.85. The van der Waals surface area contributed by atoms with Crippen molar-refractivity contribution in [3.8, 4) is 5.69 Å². The topological polar surface area (TPSA) is 60.9 Å². The zero-order valence-corrected chi connectivity index (χ0v) is 9.70. The Morgan fingerprint density at radius 2 is 2.12 bits per heavy atom. The zero-order chi connectivity index (χ0) is 12.6. The van der Waals surface area contributed by atoms with E-state index in [9.17, 15) is 9.18 Å². The lowest BCUT2D eigenvalue weighted by Gasteiger charge is -2.10. The molecule has 0 bridgehead atoms. The van der Waals surface area contributed by atoms with E-state index >= 15 is 0 Å². The Morgan fingerprint density at radius 3 is 2.76 bits per heavy atom. The third-order valence-electron chi connectivity index (χ3n) is 2.28. The van der Waals surface area contributed by atoms with Crippen molar-refractivity contribution in [1.82, 2.24) is 9.78 Å². The van der Waals surface area contributed by atoms with Crippen molar-refractivity contribution in [2.45, 2.75) is 6.92 Å². The van der Waals surface area contributed by atoms with Gasteiger partial charge in [0.2, 0.25) is 5.43 Å². The van der Waals surface area contributed by atoms with Crippen LogP contribution in [0, 0.1) is 12.7 Å². The average molecular weight is 254 g/mol. The summed E-state index contributed by atoms with van der Waals surface area (Å²) in [5.74, 6) is -0.627. The lowest BCUT2D eigenvalue weighted by molar-refractivity contribution is 0.627. The zero-order valence-electron chi connectivity index (χ0n) is 8.95. The van der Waals surface area contributed by atoms with Crippen LogP contribution < -0.4 is 11.2 Å². The van der Waals surface area contributed by atoms with Crippen molar-refractivity contribution in [3.63, 3.8) is 0 Å². The molecule has 2 N–H and O–H groups in total. The minimum absolute atomic E-state index is 0.0130. The van der Waals surface area contributed by atoms with E-state index in [1.165, 1.54) is 28.9 Å². The highest BCUT2D eigenvalue weighted by molar-refractivity contribution is 6.30. The highest BCUT2D eigenvalue weighted by Gasteiger charge is 2.07. The highest BCUT2D eigenvalue weighted by Crippen LogP contribution is 2.19. The maximum atomic E-state index is 13.0. The van der Waals surface area contributed by atoms with Crippen LogP contribution in [0.3, 0.4) is 0 Å². The number of nitrogens with zero attached hydrogens (tertiary/aromatic N) is 2. The van der Waals surface area contributed by atoms with Gasteiger partial charge >= 0.3 is 0 Å². The van der Waals surface area contributed by atoms with Gasteiger partial charge in [-0.2, -0.15) is 0 Å². The molecule has 88 valence electrons. The second kappa shape index (κ2) is 4.18. The maximum Gasteiger partial charge on any atom is 0.224 e. The normalized spacial score (nSPS) is 10.5. The molecule has 0 radical (unpaired) electrons. The van der Waals surface area contributed by atoms with Crippen molar-refractivity contribution in [3.05, 3.63) is 51.0 Å². The van der Waals surface area contributed by atoms with Crippen LogP contribution in [0.1, 0.15) is 5.69 Å². The Balaban J connectivity index is 2.64. The van der Waals surface area contributed by atoms with Gasteiger partial charge in [0, 0.05) is 11.8 Å². The second-order valence-electron chi connectivity index (χ2n) is 3.55. The van der Waals surface area contributed by atoms with Gasteiger partial charge in [-0.05, 0) is 25.1 Å². The van der Waals surface area contributed by atoms with Gasteiger partial charge < -0.3 is 5.73 Å². The maximum absolute atomic E-state index is 13.0. The Bertz CT molecular complexity index is 639. The van der Waals surface area contributed by atoms with Gasteiger partial charge in [0.25, 0.3) is 0 Å². The summed E-state index contributed by atoms with van der Waals surface area (Å²) >= 11 is 5.68. The molecule has 0 saturated carbocycles. The molecule has 0 aliphatic rings. The predicted molar refractivity (Wildman–Crippen MR) is 64.0 cm³/mol. The summed E-state index contributed by atoms with van der Waals surface area (Å²) in [6.07, 6.45) is 0. The summed E-state index contributed by atoms with van der Waals surface area (Å²) in [6, 6.07) is 5.51. The molecule has 0 atom stereocenters. The van der Waals surface area contributed by atoms with Crippen LogP contribution in [-0.4, -0.2) is 9.78 Å².